The molecule has 0 unspecified atom stereocenters. The molecule has 1 aromatic rings. The van der Waals surface area contributed by atoms with Crippen molar-refractivity contribution in [2.24, 2.45) is 12.8 Å². The smallest absolute Gasteiger partial charge is 0.354 e. The van der Waals surface area contributed by atoms with Crippen LogP contribution < -0.4 is 5.73 Å². The van der Waals surface area contributed by atoms with Crippen LogP contribution >= 0.6 is 0 Å². The Kier molecular flexibility index (Phi) is 3.30. The summed E-state index contributed by atoms with van der Waals surface area (Å²) in [6, 6.07) is 1.83. The van der Waals surface area contributed by atoms with Gasteiger partial charge in [-0.2, -0.15) is 0 Å². The Hall–Kier alpha value is -1.29. The molecular weight excluding hydrogens is 180 g/mol. The first-order chi connectivity index (χ1) is 6.61. The third kappa shape index (κ3) is 1.80. The molecule has 4 nitrogen and oxygen atoms in total. The largest absolute Gasteiger partial charge is 0.464 e. The summed E-state index contributed by atoms with van der Waals surface area (Å²) in [5, 5.41) is 0. The maximum absolute atomic E-state index is 11.3. The van der Waals surface area contributed by atoms with Gasteiger partial charge in [0.2, 0.25) is 0 Å². The molecule has 0 fully saturated rings. The minimum atomic E-state index is -0.307. The molecule has 1 heterocycles. The number of carbonyl (C=O) groups is 1. The molecule has 0 aliphatic heterocycles. The van der Waals surface area contributed by atoms with Gasteiger partial charge in [-0.15, -0.1) is 0 Å². The summed E-state index contributed by atoms with van der Waals surface area (Å²) in [6.45, 7) is 2.55. The van der Waals surface area contributed by atoms with Crippen molar-refractivity contribution in [2.45, 2.75) is 13.3 Å². The molecule has 2 N–H and O–H groups in total. The van der Waals surface area contributed by atoms with Crippen molar-refractivity contribution in [3.63, 3.8) is 0 Å². The third-order valence-corrected chi connectivity index (χ3v) is 2.35. The van der Waals surface area contributed by atoms with Crippen LogP contribution in [0.15, 0.2) is 6.07 Å². The van der Waals surface area contributed by atoms with E-state index in [0.717, 1.165) is 17.7 Å². The van der Waals surface area contributed by atoms with Gasteiger partial charge < -0.3 is 15.0 Å². The number of hydrogen-bond donors (Lipinski definition) is 1. The van der Waals surface area contributed by atoms with E-state index in [1.165, 1.54) is 7.11 Å². The predicted molar refractivity (Wildman–Crippen MR) is 54.2 cm³/mol. The van der Waals surface area contributed by atoms with E-state index in [-0.39, 0.29) is 5.97 Å². The van der Waals surface area contributed by atoms with Crippen LogP contribution in [0.2, 0.25) is 0 Å². The fourth-order valence-corrected chi connectivity index (χ4v) is 1.60. The first-order valence-electron chi connectivity index (χ1n) is 4.55. The molecule has 14 heavy (non-hydrogen) atoms. The number of methoxy groups -OCH3 is 1. The average molecular weight is 196 g/mol. The Bertz CT molecular complexity index is 342. The Labute approximate surface area is 83.7 Å². The Balaban J connectivity index is 3.10. The van der Waals surface area contributed by atoms with Crippen LogP contribution in [0.3, 0.4) is 0 Å². The molecule has 4 heteroatoms. The molecule has 1 rings (SSSR count). The maximum atomic E-state index is 11.3. The highest BCUT2D eigenvalue weighted by atomic mass is 16.5. The highest BCUT2D eigenvalue weighted by Crippen LogP contribution is 2.14. The van der Waals surface area contributed by atoms with Crippen LogP contribution in [0.4, 0.5) is 0 Å². The molecule has 0 aliphatic carbocycles. The molecule has 0 spiro atoms. The standard InChI is InChI=1S/C10H16N2O2/c1-7-6-9(10(13)14-3)12(2)8(7)4-5-11/h6H,4-5,11H2,1-3H3. The van der Waals surface area contributed by atoms with E-state index in [1.807, 2.05) is 24.6 Å². The third-order valence-electron chi connectivity index (χ3n) is 2.35. The van der Waals surface area contributed by atoms with E-state index in [2.05, 4.69) is 4.74 Å². The number of rotatable bonds is 3. The quantitative estimate of drug-likeness (QED) is 0.721. The lowest BCUT2D eigenvalue weighted by Gasteiger charge is -2.05. The summed E-state index contributed by atoms with van der Waals surface area (Å²) >= 11 is 0. The molecule has 0 atom stereocenters. The molecule has 0 amide bonds. The van der Waals surface area contributed by atoms with Crippen LogP contribution in [0.5, 0.6) is 0 Å². The van der Waals surface area contributed by atoms with Gasteiger partial charge in [0, 0.05) is 19.2 Å². The summed E-state index contributed by atoms with van der Waals surface area (Å²) < 4.78 is 6.51. The summed E-state index contributed by atoms with van der Waals surface area (Å²) in [5.74, 6) is -0.307. The summed E-state index contributed by atoms with van der Waals surface area (Å²) in [7, 11) is 3.23. The lowest BCUT2D eigenvalue weighted by atomic mass is 10.2. The van der Waals surface area contributed by atoms with Gasteiger partial charge in [0.05, 0.1) is 7.11 Å². The van der Waals surface area contributed by atoms with E-state index in [4.69, 9.17) is 5.73 Å². The van der Waals surface area contributed by atoms with Gasteiger partial charge in [-0.05, 0) is 25.1 Å². The monoisotopic (exact) mass is 196 g/mol. The van der Waals surface area contributed by atoms with Gasteiger partial charge in [-0.25, -0.2) is 4.79 Å². The molecule has 0 radical (unpaired) electrons. The van der Waals surface area contributed by atoms with Crippen molar-refractivity contribution in [3.05, 3.63) is 23.0 Å². The summed E-state index contributed by atoms with van der Waals surface area (Å²) in [5.41, 5.74) is 8.24. The topological polar surface area (TPSA) is 57.2 Å². The number of carbonyl (C=O) groups excluding carboxylic acids is 1. The zero-order chi connectivity index (χ0) is 10.7. The molecule has 0 aliphatic rings. The van der Waals surface area contributed by atoms with Crippen molar-refractivity contribution in [1.82, 2.24) is 4.57 Å². The molecule has 0 saturated heterocycles. The molecule has 0 bridgehead atoms. The minimum Gasteiger partial charge on any atom is -0.464 e. The molecule has 1 aromatic heterocycles. The molecule has 0 saturated carbocycles. The molecule has 0 aromatic carbocycles. The summed E-state index contributed by atoms with van der Waals surface area (Å²) in [6.07, 6.45) is 0.777. The lowest BCUT2D eigenvalue weighted by molar-refractivity contribution is 0.0589. The number of nitrogens with two attached hydrogens (primary N) is 1. The first kappa shape index (κ1) is 10.8. The van der Waals surface area contributed by atoms with Crippen molar-refractivity contribution in [2.75, 3.05) is 13.7 Å². The van der Waals surface area contributed by atoms with Crippen molar-refractivity contribution < 1.29 is 9.53 Å². The van der Waals surface area contributed by atoms with Gasteiger partial charge in [-0.3, -0.25) is 0 Å². The van der Waals surface area contributed by atoms with Crippen LogP contribution in [0, 0.1) is 6.92 Å². The SMILES string of the molecule is COC(=O)c1cc(C)c(CCN)n1C. The van der Waals surface area contributed by atoms with Gasteiger partial charge in [0.25, 0.3) is 0 Å². The highest BCUT2D eigenvalue weighted by molar-refractivity contribution is 5.88. The molecule has 78 valence electrons. The normalized spacial score (nSPS) is 10.3. The number of aromatic nitrogens is 1. The number of nitrogens with zero attached hydrogens (tertiary/aromatic N) is 1. The zero-order valence-electron chi connectivity index (χ0n) is 8.83. The van der Waals surface area contributed by atoms with Crippen molar-refractivity contribution in [3.8, 4) is 0 Å². The number of ether oxygens (including phenoxy) is 1. The fourth-order valence-electron chi connectivity index (χ4n) is 1.60. The lowest BCUT2D eigenvalue weighted by Crippen LogP contribution is -2.12. The van der Waals surface area contributed by atoms with Gasteiger partial charge in [0.15, 0.2) is 0 Å². The zero-order valence-corrected chi connectivity index (χ0v) is 8.83. The van der Waals surface area contributed by atoms with E-state index < -0.39 is 0 Å². The van der Waals surface area contributed by atoms with Gasteiger partial charge in [-0.1, -0.05) is 0 Å². The van der Waals surface area contributed by atoms with Crippen molar-refractivity contribution in [1.29, 1.82) is 0 Å². The Morgan fingerprint density at radius 3 is 2.79 bits per heavy atom. The maximum Gasteiger partial charge on any atom is 0.354 e. The average Bonchev–Trinajstić information content (AvgIpc) is 2.45. The van der Waals surface area contributed by atoms with Crippen LogP contribution in [0.1, 0.15) is 21.7 Å². The number of hydrogen-bond acceptors (Lipinski definition) is 3. The number of aryl methyl sites for hydroxylation is 1. The van der Waals surface area contributed by atoms with Gasteiger partial charge >= 0.3 is 5.97 Å². The minimum absolute atomic E-state index is 0.307. The number of esters is 1. The van der Waals surface area contributed by atoms with Crippen LogP contribution in [-0.2, 0) is 18.2 Å². The van der Waals surface area contributed by atoms with E-state index in [1.54, 1.807) is 0 Å². The van der Waals surface area contributed by atoms with E-state index in [9.17, 15) is 4.79 Å². The van der Waals surface area contributed by atoms with Crippen molar-refractivity contribution >= 4 is 5.97 Å². The predicted octanol–water partition coefficient (Wildman–Crippen LogP) is 0.621. The second kappa shape index (κ2) is 4.28. The molecular formula is C10H16N2O2. The van der Waals surface area contributed by atoms with Crippen LogP contribution in [0.25, 0.3) is 0 Å². The highest BCUT2D eigenvalue weighted by Gasteiger charge is 2.14. The Morgan fingerprint density at radius 1 is 1.64 bits per heavy atom. The second-order valence-corrected chi connectivity index (χ2v) is 3.25. The first-order valence-corrected chi connectivity index (χ1v) is 4.55. The van der Waals surface area contributed by atoms with Gasteiger partial charge in [0.1, 0.15) is 5.69 Å². The van der Waals surface area contributed by atoms with E-state index >= 15 is 0 Å². The van der Waals surface area contributed by atoms with Crippen LogP contribution in [-0.4, -0.2) is 24.2 Å². The second-order valence-electron chi connectivity index (χ2n) is 3.25. The fraction of sp³-hybridized carbons (Fsp3) is 0.500. The van der Waals surface area contributed by atoms with E-state index in [0.29, 0.717) is 12.2 Å². The Morgan fingerprint density at radius 2 is 2.29 bits per heavy atom. The summed E-state index contributed by atoms with van der Waals surface area (Å²) in [4.78, 5) is 11.3.